The molecule has 13 heteroatoms. The van der Waals surface area contributed by atoms with Crippen LogP contribution in [0.2, 0.25) is 0 Å². The number of hydrogen-bond acceptors (Lipinski definition) is 8. The average molecular weight is 487 g/mol. The molecule has 2 aromatic carbocycles. The van der Waals surface area contributed by atoms with Gasteiger partial charge in [-0.25, -0.2) is 23.1 Å². The van der Waals surface area contributed by atoms with Gasteiger partial charge in [0.1, 0.15) is 5.56 Å². The molecule has 1 heterocycles. The summed E-state index contributed by atoms with van der Waals surface area (Å²) in [5, 5.41) is 16.0. The lowest BCUT2D eigenvalue weighted by Gasteiger charge is -2.11. The summed E-state index contributed by atoms with van der Waals surface area (Å²) in [6.07, 6.45) is 0. The van der Waals surface area contributed by atoms with E-state index in [1.807, 2.05) is 0 Å². The van der Waals surface area contributed by atoms with E-state index in [0.29, 0.717) is 17.1 Å². The molecule has 11 nitrogen and oxygen atoms in total. The molecule has 0 fully saturated rings. The standard InChI is InChI=1S/C20H18N6O5S2/c1-12-11-13(2)22-19(21-12)25-33(30,31)15-9-7-14(8-10-15)23-20(32)24-18(27)16-5-3-4-6-17(16)26(28)29/h3-11H,1-2H3,(H,21,22,25)(H2,23,24,27,32). The van der Waals surface area contributed by atoms with Crippen molar-refractivity contribution in [3.8, 4) is 0 Å². The van der Waals surface area contributed by atoms with Crippen LogP contribution >= 0.6 is 12.2 Å². The number of sulfonamides is 1. The lowest BCUT2D eigenvalue weighted by Crippen LogP contribution is -2.34. The van der Waals surface area contributed by atoms with E-state index in [-0.39, 0.29) is 27.2 Å². The van der Waals surface area contributed by atoms with Crippen LogP contribution in [0.5, 0.6) is 0 Å². The molecule has 3 aromatic rings. The zero-order valence-corrected chi connectivity index (χ0v) is 19.0. The highest BCUT2D eigenvalue weighted by Gasteiger charge is 2.20. The Morgan fingerprint density at radius 2 is 1.64 bits per heavy atom. The molecule has 0 unspecified atom stereocenters. The van der Waals surface area contributed by atoms with Crippen LogP contribution in [-0.4, -0.2) is 34.3 Å². The van der Waals surface area contributed by atoms with Crippen LogP contribution in [0, 0.1) is 24.0 Å². The van der Waals surface area contributed by atoms with Gasteiger partial charge in [0.2, 0.25) is 5.95 Å². The number of nitrogens with one attached hydrogen (secondary N) is 3. The highest BCUT2D eigenvalue weighted by molar-refractivity contribution is 7.92. The molecule has 1 amide bonds. The number of nitrogens with zero attached hydrogens (tertiary/aromatic N) is 3. The predicted octanol–water partition coefficient (Wildman–Crippen LogP) is 2.93. The number of amides is 1. The minimum Gasteiger partial charge on any atom is -0.332 e. The van der Waals surface area contributed by atoms with Crippen LogP contribution in [0.15, 0.2) is 59.5 Å². The van der Waals surface area contributed by atoms with Gasteiger partial charge in [-0.15, -0.1) is 0 Å². The second kappa shape index (κ2) is 9.67. The van der Waals surface area contributed by atoms with Crippen molar-refractivity contribution in [2.75, 3.05) is 10.0 Å². The molecule has 3 N–H and O–H groups in total. The van der Waals surface area contributed by atoms with E-state index in [1.54, 1.807) is 19.9 Å². The smallest absolute Gasteiger partial charge is 0.282 e. The number of anilines is 2. The van der Waals surface area contributed by atoms with E-state index in [0.717, 1.165) is 0 Å². The number of aryl methyl sites for hydroxylation is 2. The predicted molar refractivity (Wildman–Crippen MR) is 126 cm³/mol. The van der Waals surface area contributed by atoms with Crippen molar-refractivity contribution >= 4 is 50.6 Å². The number of benzene rings is 2. The van der Waals surface area contributed by atoms with Crippen molar-refractivity contribution in [1.82, 2.24) is 15.3 Å². The molecule has 3 rings (SSSR count). The van der Waals surface area contributed by atoms with Gasteiger partial charge in [0.05, 0.1) is 9.82 Å². The summed E-state index contributed by atoms with van der Waals surface area (Å²) >= 11 is 5.08. The minimum absolute atomic E-state index is 0.0337. The molecular weight excluding hydrogens is 468 g/mol. The summed E-state index contributed by atoms with van der Waals surface area (Å²) in [5.74, 6) is -0.787. The number of rotatable bonds is 6. The van der Waals surface area contributed by atoms with Gasteiger partial charge in [0.25, 0.3) is 21.6 Å². The van der Waals surface area contributed by atoms with Crippen molar-refractivity contribution in [3.63, 3.8) is 0 Å². The lowest BCUT2D eigenvalue weighted by atomic mass is 10.1. The van der Waals surface area contributed by atoms with E-state index in [2.05, 4.69) is 25.3 Å². The van der Waals surface area contributed by atoms with Crippen molar-refractivity contribution in [2.45, 2.75) is 18.7 Å². The third-order valence-corrected chi connectivity index (χ3v) is 5.75. The minimum atomic E-state index is -3.93. The van der Waals surface area contributed by atoms with E-state index < -0.39 is 20.9 Å². The molecule has 0 bridgehead atoms. The Morgan fingerprint density at radius 1 is 1.03 bits per heavy atom. The Hall–Kier alpha value is -3.97. The molecule has 0 radical (unpaired) electrons. The van der Waals surface area contributed by atoms with Crippen LogP contribution in [-0.2, 0) is 10.0 Å². The fraction of sp³-hybridized carbons (Fsp3) is 0.100. The Balaban J connectivity index is 1.67. The number of hydrogen-bond donors (Lipinski definition) is 3. The highest BCUT2D eigenvalue weighted by atomic mass is 32.2. The SMILES string of the molecule is Cc1cc(C)nc(NS(=O)(=O)c2ccc(NC(=S)NC(=O)c3ccccc3[N+](=O)[O-])cc2)n1. The second-order valence-corrected chi connectivity index (χ2v) is 8.88. The molecule has 0 saturated heterocycles. The Bertz CT molecular complexity index is 1320. The van der Waals surface area contributed by atoms with Gasteiger partial charge in [-0.3, -0.25) is 20.2 Å². The number of carbonyl (C=O) groups is 1. The topological polar surface area (TPSA) is 156 Å². The van der Waals surface area contributed by atoms with Gasteiger partial charge < -0.3 is 5.32 Å². The Morgan fingerprint density at radius 3 is 2.24 bits per heavy atom. The van der Waals surface area contributed by atoms with E-state index >= 15 is 0 Å². The van der Waals surface area contributed by atoms with Gasteiger partial charge >= 0.3 is 0 Å². The number of nitro groups is 1. The Kier molecular flexibility index (Phi) is 6.94. The maximum Gasteiger partial charge on any atom is 0.282 e. The van der Waals surface area contributed by atoms with Gasteiger partial charge in [-0.05, 0) is 62.5 Å². The van der Waals surface area contributed by atoms with Crippen LogP contribution in [0.3, 0.4) is 0 Å². The summed E-state index contributed by atoms with van der Waals surface area (Å²) in [7, 11) is -3.93. The molecule has 0 aliphatic carbocycles. The number of thiocarbonyl (C=S) groups is 1. The number of aromatic nitrogens is 2. The summed E-state index contributed by atoms with van der Waals surface area (Å²) in [4.78, 5) is 30.8. The van der Waals surface area contributed by atoms with Crippen molar-refractivity contribution < 1.29 is 18.1 Å². The van der Waals surface area contributed by atoms with Gasteiger partial charge in [0.15, 0.2) is 5.11 Å². The Labute approximate surface area is 194 Å². The highest BCUT2D eigenvalue weighted by Crippen LogP contribution is 2.19. The number of nitro benzene ring substituents is 1. The van der Waals surface area contributed by atoms with E-state index in [1.165, 1.54) is 48.5 Å². The lowest BCUT2D eigenvalue weighted by molar-refractivity contribution is -0.385. The molecule has 33 heavy (non-hydrogen) atoms. The quantitative estimate of drug-likeness (QED) is 0.271. The van der Waals surface area contributed by atoms with Gasteiger partial charge in [-0.1, -0.05) is 12.1 Å². The normalized spacial score (nSPS) is 10.8. The number of carbonyl (C=O) groups excluding carboxylic acids is 1. The third-order valence-electron chi connectivity index (χ3n) is 4.20. The fourth-order valence-electron chi connectivity index (χ4n) is 2.83. The first-order valence-electron chi connectivity index (χ1n) is 9.36. The molecule has 0 saturated carbocycles. The first-order chi connectivity index (χ1) is 15.5. The maximum atomic E-state index is 12.6. The largest absolute Gasteiger partial charge is 0.332 e. The van der Waals surface area contributed by atoms with Crippen molar-refractivity contribution in [3.05, 3.63) is 81.7 Å². The summed E-state index contributed by atoms with van der Waals surface area (Å²) in [5.41, 5.74) is 1.14. The first-order valence-corrected chi connectivity index (χ1v) is 11.3. The molecule has 0 aliphatic heterocycles. The maximum absolute atomic E-state index is 12.6. The molecular formula is C20H18N6O5S2. The monoisotopic (exact) mass is 486 g/mol. The molecule has 0 atom stereocenters. The molecule has 0 spiro atoms. The summed E-state index contributed by atoms with van der Waals surface area (Å²) in [6.45, 7) is 3.45. The van der Waals surface area contributed by atoms with E-state index in [9.17, 15) is 23.3 Å². The van der Waals surface area contributed by atoms with Crippen LogP contribution in [0.4, 0.5) is 17.3 Å². The summed E-state index contributed by atoms with van der Waals surface area (Å²) in [6, 6.07) is 12.7. The molecule has 170 valence electrons. The van der Waals surface area contributed by atoms with E-state index in [4.69, 9.17) is 12.2 Å². The fourth-order valence-corrected chi connectivity index (χ4v) is 3.98. The van der Waals surface area contributed by atoms with Crippen molar-refractivity contribution in [1.29, 1.82) is 0 Å². The molecule has 1 aromatic heterocycles. The molecule has 0 aliphatic rings. The van der Waals surface area contributed by atoms with Crippen LogP contribution in [0.25, 0.3) is 0 Å². The third kappa shape index (κ3) is 6.05. The van der Waals surface area contributed by atoms with Gasteiger partial charge in [-0.2, -0.15) is 0 Å². The van der Waals surface area contributed by atoms with Crippen LogP contribution < -0.4 is 15.4 Å². The van der Waals surface area contributed by atoms with Crippen LogP contribution in [0.1, 0.15) is 21.7 Å². The zero-order valence-electron chi connectivity index (χ0n) is 17.4. The average Bonchev–Trinajstić information content (AvgIpc) is 2.73. The van der Waals surface area contributed by atoms with Gasteiger partial charge in [0, 0.05) is 23.1 Å². The zero-order chi connectivity index (χ0) is 24.2. The second-order valence-electron chi connectivity index (χ2n) is 6.79. The first kappa shape index (κ1) is 23.7. The number of para-hydroxylation sites is 1. The van der Waals surface area contributed by atoms with Crippen molar-refractivity contribution in [2.24, 2.45) is 0 Å². The summed E-state index contributed by atoms with van der Waals surface area (Å²) < 4.78 is 27.5.